The second-order valence-corrected chi connectivity index (χ2v) is 19.5. The molecule has 0 rings (SSSR count). The topological polar surface area (TPSA) is 67.4 Å². The van der Waals surface area contributed by atoms with Crippen molar-refractivity contribution in [1.82, 2.24) is 10.3 Å². The first kappa shape index (κ1) is 23.3. The van der Waals surface area contributed by atoms with E-state index < -0.39 is 16.6 Å². The fraction of sp³-hybridized carbons (Fsp3) is 0.882. The Hall–Kier alpha value is -0.666. The number of carbonyl (C=O) groups excluding carboxylic acids is 2. The van der Waals surface area contributed by atoms with E-state index in [1.165, 1.54) is 0 Å². The molecular weight excluding hydrogens is 336 g/mol. The van der Waals surface area contributed by atoms with Gasteiger partial charge in [-0.1, -0.05) is 54.6 Å². The molecule has 1 unspecified atom stereocenters. The van der Waals surface area contributed by atoms with E-state index in [0.29, 0.717) is 0 Å². The van der Waals surface area contributed by atoms with E-state index in [4.69, 9.17) is 4.43 Å². The first-order valence-electron chi connectivity index (χ1n) is 8.68. The summed E-state index contributed by atoms with van der Waals surface area (Å²) in [6.07, 6.45) is 0. The molecule has 0 aliphatic heterocycles. The molecular formula is C17H38N2O3Si2. The first-order valence-corrected chi connectivity index (χ1v) is 14.6. The minimum atomic E-state index is -2.14. The molecule has 0 saturated heterocycles. The molecule has 0 aliphatic rings. The normalized spacial score (nSPS) is 15.0. The third-order valence-corrected chi connectivity index (χ3v) is 14.7. The lowest BCUT2D eigenvalue weighted by Gasteiger charge is -2.39. The summed E-state index contributed by atoms with van der Waals surface area (Å²) in [5.41, 5.74) is 0. The largest absolute Gasteiger partial charge is 0.518 e. The maximum Gasteiger partial charge on any atom is 0.312 e. The predicted octanol–water partition coefficient (Wildman–Crippen LogP) is 3.63. The minimum Gasteiger partial charge on any atom is -0.518 e. The highest BCUT2D eigenvalue weighted by Crippen LogP contribution is 2.36. The van der Waals surface area contributed by atoms with Crippen LogP contribution in [0.25, 0.3) is 0 Å². The monoisotopic (exact) mass is 374 g/mol. The highest BCUT2D eigenvalue weighted by molar-refractivity contribution is 6.78. The van der Waals surface area contributed by atoms with Gasteiger partial charge in [0, 0.05) is 0 Å². The van der Waals surface area contributed by atoms with Gasteiger partial charge in [-0.15, -0.1) is 0 Å². The number of rotatable bonds is 6. The number of amides is 1. The third kappa shape index (κ3) is 6.68. The van der Waals surface area contributed by atoms with Crippen molar-refractivity contribution in [1.29, 1.82) is 0 Å². The summed E-state index contributed by atoms with van der Waals surface area (Å²) in [6.45, 7) is 23.0. The third-order valence-electron chi connectivity index (χ3n) is 5.43. The lowest BCUT2D eigenvalue weighted by atomic mass is 10.2. The molecule has 0 aromatic rings. The predicted molar refractivity (Wildman–Crippen MR) is 106 cm³/mol. The molecule has 0 aliphatic carbocycles. The quantitative estimate of drug-likeness (QED) is 0.697. The molecule has 0 saturated carbocycles. The van der Waals surface area contributed by atoms with Crippen molar-refractivity contribution in [2.45, 2.75) is 90.8 Å². The van der Waals surface area contributed by atoms with E-state index in [1.54, 1.807) is 0 Å². The van der Waals surface area contributed by atoms with Crippen molar-refractivity contribution in [3.8, 4) is 0 Å². The number of hydrogen-bond acceptors (Lipinski definition) is 4. The lowest BCUT2D eigenvalue weighted by Crippen LogP contribution is -2.59. The van der Waals surface area contributed by atoms with Crippen molar-refractivity contribution < 1.29 is 14.0 Å². The summed E-state index contributed by atoms with van der Waals surface area (Å²) in [5, 5.41) is 2.80. The van der Waals surface area contributed by atoms with Crippen molar-refractivity contribution in [2.24, 2.45) is 0 Å². The smallest absolute Gasteiger partial charge is 0.312 e. The minimum absolute atomic E-state index is 0.0378. The molecule has 1 atom stereocenters. The zero-order valence-corrected chi connectivity index (χ0v) is 19.5. The van der Waals surface area contributed by atoms with Crippen LogP contribution < -0.4 is 10.3 Å². The second-order valence-electron chi connectivity index (χ2n) is 9.69. The van der Waals surface area contributed by atoms with E-state index in [0.717, 1.165) is 0 Å². The van der Waals surface area contributed by atoms with Crippen LogP contribution in [0.4, 0.5) is 0 Å². The van der Waals surface area contributed by atoms with E-state index in [-0.39, 0.29) is 34.5 Å². The van der Waals surface area contributed by atoms with Gasteiger partial charge < -0.3 is 14.7 Å². The van der Waals surface area contributed by atoms with Crippen LogP contribution in [-0.4, -0.2) is 41.0 Å². The van der Waals surface area contributed by atoms with Gasteiger partial charge in [-0.2, -0.15) is 0 Å². The van der Waals surface area contributed by atoms with Crippen LogP contribution in [0.15, 0.2) is 0 Å². The van der Waals surface area contributed by atoms with Crippen molar-refractivity contribution in [3.63, 3.8) is 0 Å². The van der Waals surface area contributed by atoms with E-state index >= 15 is 0 Å². The molecule has 0 aromatic carbocycles. The van der Waals surface area contributed by atoms with Crippen molar-refractivity contribution in [2.75, 3.05) is 6.54 Å². The van der Waals surface area contributed by atoms with Crippen LogP contribution in [0, 0.1) is 0 Å². The van der Waals surface area contributed by atoms with E-state index in [1.807, 2.05) is 20.0 Å². The number of nitrogens with one attached hydrogen (secondary N) is 2. The standard InChI is InChI=1S/C17H38N2O3Si2/c1-13(19-23(8,9)16(2,3)4)15(21)18-12-14(20)22-24(10,11)17(5,6)7/h13,19H,12H2,1-11H3,(H,18,21). The summed E-state index contributed by atoms with van der Waals surface area (Å²) in [6, 6.07) is -0.327. The SMILES string of the molecule is CC(N[Si](C)(C)C(C)(C)C)C(=O)NCC(=O)O[Si](C)(C)C(C)(C)C. The fourth-order valence-electron chi connectivity index (χ4n) is 1.61. The average molecular weight is 375 g/mol. The van der Waals surface area contributed by atoms with Crippen LogP contribution >= 0.6 is 0 Å². The van der Waals surface area contributed by atoms with Crippen LogP contribution in [0.3, 0.4) is 0 Å². The van der Waals surface area contributed by atoms with Crippen molar-refractivity contribution >= 4 is 28.4 Å². The average Bonchev–Trinajstić information content (AvgIpc) is 2.31. The Balaban J connectivity index is 4.57. The molecule has 7 heteroatoms. The van der Waals surface area contributed by atoms with Gasteiger partial charge in [0.25, 0.3) is 8.32 Å². The van der Waals surface area contributed by atoms with Gasteiger partial charge in [-0.3, -0.25) is 9.59 Å². The van der Waals surface area contributed by atoms with Gasteiger partial charge in [0.05, 0.1) is 6.04 Å². The first-order chi connectivity index (χ1) is 10.4. The Morgan fingerprint density at radius 3 is 1.79 bits per heavy atom. The molecule has 0 bridgehead atoms. The molecule has 142 valence electrons. The Kier molecular flexibility index (Phi) is 7.49. The number of hydrogen-bond donors (Lipinski definition) is 2. The van der Waals surface area contributed by atoms with Gasteiger partial charge in [-0.25, -0.2) is 0 Å². The van der Waals surface area contributed by atoms with Gasteiger partial charge in [-0.05, 0) is 30.1 Å². The van der Waals surface area contributed by atoms with Gasteiger partial charge >= 0.3 is 5.97 Å². The summed E-state index contributed by atoms with van der Waals surface area (Å²) < 4.78 is 5.66. The second kappa shape index (κ2) is 7.70. The van der Waals surface area contributed by atoms with E-state index in [9.17, 15) is 9.59 Å². The van der Waals surface area contributed by atoms with Crippen molar-refractivity contribution in [3.05, 3.63) is 0 Å². The molecule has 1 amide bonds. The fourth-order valence-corrected chi connectivity index (χ4v) is 4.20. The summed E-state index contributed by atoms with van der Waals surface area (Å²) in [4.78, 5) is 27.8. The molecule has 0 aromatic heterocycles. The maximum absolute atomic E-state index is 12.3. The Bertz CT molecular complexity index is 463. The highest BCUT2D eigenvalue weighted by Gasteiger charge is 2.40. The molecule has 2 N–H and O–H groups in total. The van der Waals surface area contributed by atoms with Crippen LogP contribution in [0.1, 0.15) is 48.5 Å². The Labute approximate surface area is 150 Å². The van der Waals surface area contributed by atoms with Crippen LogP contribution in [0.5, 0.6) is 0 Å². The Morgan fingerprint density at radius 2 is 1.42 bits per heavy atom. The van der Waals surface area contributed by atoms with Gasteiger partial charge in [0.2, 0.25) is 5.91 Å². The lowest BCUT2D eigenvalue weighted by molar-refractivity contribution is -0.136. The van der Waals surface area contributed by atoms with Crippen LogP contribution in [0.2, 0.25) is 36.3 Å². The molecule has 0 radical (unpaired) electrons. The molecule has 0 fully saturated rings. The maximum atomic E-state index is 12.3. The van der Waals surface area contributed by atoms with E-state index in [2.05, 4.69) is 64.9 Å². The summed E-state index contributed by atoms with van der Waals surface area (Å²) in [5.74, 6) is -0.513. The zero-order valence-electron chi connectivity index (χ0n) is 17.5. The Morgan fingerprint density at radius 1 is 0.958 bits per heavy atom. The molecule has 5 nitrogen and oxygen atoms in total. The van der Waals surface area contributed by atoms with Gasteiger partial charge in [0.15, 0.2) is 0 Å². The van der Waals surface area contributed by atoms with Crippen LogP contribution in [-0.2, 0) is 14.0 Å². The molecule has 0 heterocycles. The summed E-state index contributed by atoms with van der Waals surface area (Å²) >= 11 is 0. The highest BCUT2D eigenvalue weighted by atomic mass is 28.4. The molecule has 24 heavy (non-hydrogen) atoms. The summed E-state index contributed by atoms with van der Waals surface area (Å²) in [7, 11) is -3.91. The number of carbonyl (C=O) groups is 2. The molecule has 0 spiro atoms. The zero-order chi connectivity index (χ0) is 19.6. The van der Waals surface area contributed by atoms with Gasteiger partial charge in [0.1, 0.15) is 14.8 Å².